The molecule has 4 aliphatic heterocycles. The van der Waals surface area contributed by atoms with Gasteiger partial charge >= 0.3 is 0 Å². The van der Waals surface area contributed by atoms with Gasteiger partial charge < -0.3 is 19.7 Å². The number of piperazine rings is 1. The number of rotatable bonds is 7. The second-order valence-corrected chi connectivity index (χ2v) is 12.7. The Labute approximate surface area is 225 Å². The van der Waals surface area contributed by atoms with Crippen LogP contribution in [0.25, 0.3) is 0 Å². The molecule has 1 amide bonds. The van der Waals surface area contributed by atoms with Crippen molar-refractivity contribution in [1.29, 1.82) is 0 Å². The Morgan fingerprint density at radius 3 is 2.27 bits per heavy atom. The van der Waals surface area contributed by atoms with Crippen LogP contribution in [0, 0.1) is 5.92 Å². The number of nitrogens with zero attached hydrogens (tertiary/aromatic N) is 4. The lowest BCUT2D eigenvalue weighted by Gasteiger charge is -2.40. The van der Waals surface area contributed by atoms with E-state index >= 15 is 0 Å². The minimum Gasteiger partial charge on any atom is -0.369 e. The minimum absolute atomic E-state index is 0.0325. The van der Waals surface area contributed by atoms with Crippen LogP contribution in [-0.4, -0.2) is 112 Å². The van der Waals surface area contributed by atoms with E-state index in [2.05, 4.69) is 21.2 Å². The molecule has 4 aliphatic rings. The van der Waals surface area contributed by atoms with Crippen molar-refractivity contribution in [3.63, 3.8) is 0 Å². The van der Waals surface area contributed by atoms with Crippen LogP contribution in [0.2, 0.25) is 5.02 Å². The normalized spacial score (nSPS) is 24.5. The van der Waals surface area contributed by atoms with Crippen molar-refractivity contribution in [2.45, 2.75) is 31.5 Å². The number of hydrogen-bond donors (Lipinski definition) is 1. The van der Waals surface area contributed by atoms with Gasteiger partial charge in [-0.1, -0.05) is 17.7 Å². The van der Waals surface area contributed by atoms with Gasteiger partial charge in [-0.15, -0.1) is 0 Å². The Bertz CT molecular complexity index is 1030. The molecule has 4 fully saturated rings. The Balaban J connectivity index is 0.997. The summed E-state index contributed by atoms with van der Waals surface area (Å²) in [7, 11) is -3.53. The molecule has 5 rings (SSSR count). The van der Waals surface area contributed by atoms with Gasteiger partial charge in [-0.05, 0) is 31.0 Å². The fourth-order valence-corrected chi connectivity index (χ4v) is 7.57. The highest BCUT2D eigenvalue weighted by molar-refractivity contribution is 7.86. The quantitative estimate of drug-likeness (QED) is 0.543. The van der Waals surface area contributed by atoms with Crippen molar-refractivity contribution in [3.8, 4) is 0 Å². The zero-order chi connectivity index (χ0) is 25.9. The van der Waals surface area contributed by atoms with E-state index in [0.29, 0.717) is 71.6 Å². The van der Waals surface area contributed by atoms with E-state index in [1.54, 1.807) is 0 Å². The predicted octanol–water partition coefficient (Wildman–Crippen LogP) is 1.37. The first-order valence-electron chi connectivity index (χ1n) is 13.4. The highest BCUT2D eigenvalue weighted by atomic mass is 35.5. The third kappa shape index (κ3) is 6.41. The molecule has 12 heteroatoms. The SMILES string of the molecule is O=C(NCCN1CCN(c2cccc(Cl)c2)CC1)C1CCN(S(=O)(=O)N2CCC3(CC2)OCCO3)CC1. The molecule has 0 radical (unpaired) electrons. The summed E-state index contributed by atoms with van der Waals surface area (Å²) >= 11 is 6.12. The van der Waals surface area contributed by atoms with Gasteiger partial charge in [0.1, 0.15) is 0 Å². The second kappa shape index (κ2) is 11.7. The molecule has 37 heavy (non-hydrogen) atoms. The molecule has 1 aromatic carbocycles. The first-order chi connectivity index (χ1) is 17.8. The molecular formula is C25H38ClN5O5S. The molecule has 4 saturated heterocycles. The van der Waals surface area contributed by atoms with E-state index < -0.39 is 16.0 Å². The highest BCUT2D eigenvalue weighted by Crippen LogP contribution is 2.33. The minimum atomic E-state index is -3.53. The fraction of sp³-hybridized carbons (Fsp3) is 0.720. The van der Waals surface area contributed by atoms with E-state index in [9.17, 15) is 13.2 Å². The third-order valence-electron chi connectivity index (χ3n) is 8.05. The van der Waals surface area contributed by atoms with Gasteiger partial charge in [0.15, 0.2) is 5.79 Å². The third-order valence-corrected chi connectivity index (χ3v) is 10.3. The first-order valence-corrected chi connectivity index (χ1v) is 15.2. The lowest BCUT2D eigenvalue weighted by Crippen LogP contribution is -2.53. The molecule has 0 aliphatic carbocycles. The van der Waals surface area contributed by atoms with Crippen molar-refractivity contribution >= 4 is 33.4 Å². The highest BCUT2D eigenvalue weighted by Gasteiger charge is 2.44. The summed E-state index contributed by atoms with van der Waals surface area (Å²) in [6.07, 6.45) is 2.21. The van der Waals surface area contributed by atoms with Gasteiger partial charge in [0.25, 0.3) is 10.2 Å². The monoisotopic (exact) mass is 555 g/mol. The lowest BCUT2D eigenvalue weighted by molar-refractivity contribution is -0.179. The first kappa shape index (κ1) is 27.1. The van der Waals surface area contributed by atoms with Crippen molar-refractivity contribution < 1.29 is 22.7 Å². The van der Waals surface area contributed by atoms with Crippen LogP contribution < -0.4 is 10.2 Å². The average Bonchev–Trinajstić information content (AvgIpc) is 3.37. The van der Waals surface area contributed by atoms with E-state index in [1.165, 1.54) is 8.61 Å². The Morgan fingerprint density at radius 2 is 1.62 bits per heavy atom. The number of benzene rings is 1. The molecule has 1 aromatic rings. The van der Waals surface area contributed by atoms with Crippen molar-refractivity contribution in [3.05, 3.63) is 29.3 Å². The smallest absolute Gasteiger partial charge is 0.281 e. The summed E-state index contributed by atoms with van der Waals surface area (Å²) < 4.78 is 40.8. The van der Waals surface area contributed by atoms with Gasteiger partial charge in [-0.3, -0.25) is 9.69 Å². The molecule has 0 atom stereocenters. The van der Waals surface area contributed by atoms with Crippen LogP contribution in [0.5, 0.6) is 0 Å². The molecule has 10 nitrogen and oxygen atoms in total. The van der Waals surface area contributed by atoms with E-state index in [0.717, 1.165) is 43.4 Å². The van der Waals surface area contributed by atoms with Crippen molar-refractivity contribution in [2.75, 3.05) is 83.6 Å². The number of ether oxygens (including phenoxy) is 2. The maximum Gasteiger partial charge on any atom is 0.281 e. The average molecular weight is 556 g/mol. The van der Waals surface area contributed by atoms with E-state index in [4.69, 9.17) is 21.1 Å². The summed E-state index contributed by atoms with van der Waals surface area (Å²) in [6, 6.07) is 7.94. The van der Waals surface area contributed by atoms with Crippen LogP contribution in [-0.2, 0) is 24.5 Å². The van der Waals surface area contributed by atoms with Crippen molar-refractivity contribution in [2.24, 2.45) is 5.92 Å². The number of halogens is 1. The summed E-state index contributed by atoms with van der Waals surface area (Å²) in [5.74, 6) is -0.706. The summed E-state index contributed by atoms with van der Waals surface area (Å²) in [4.78, 5) is 17.5. The number of carbonyl (C=O) groups is 1. The zero-order valence-electron chi connectivity index (χ0n) is 21.3. The fourth-order valence-electron chi connectivity index (χ4n) is 5.74. The summed E-state index contributed by atoms with van der Waals surface area (Å²) in [5, 5.41) is 3.83. The molecule has 1 N–H and O–H groups in total. The molecule has 0 bridgehead atoms. The zero-order valence-corrected chi connectivity index (χ0v) is 22.9. The Hall–Kier alpha value is -1.47. The van der Waals surface area contributed by atoms with Crippen LogP contribution in [0.4, 0.5) is 5.69 Å². The maximum absolute atomic E-state index is 13.2. The number of nitrogens with one attached hydrogen (secondary N) is 1. The number of anilines is 1. The second-order valence-electron chi connectivity index (χ2n) is 10.3. The molecule has 0 unspecified atom stereocenters. The topological polar surface area (TPSA) is 94.7 Å². The standard InChI is InChI=1S/C25H38ClN5O5S/c26-22-2-1-3-23(20-22)29-16-14-28(15-17-29)13-8-27-24(32)21-4-9-30(10-5-21)37(33,34)31-11-6-25(7-12-31)35-18-19-36-25/h1-3,20-21H,4-19H2,(H,27,32). The summed E-state index contributed by atoms with van der Waals surface area (Å²) in [5.41, 5.74) is 1.15. The maximum atomic E-state index is 13.2. The summed E-state index contributed by atoms with van der Waals surface area (Å²) in [6.45, 7) is 7.85. The molecule has 0 aromatic heterocycles. The van der Waals surface area contributed by atoms with Gasteiger partial charge in [-0.25, -0.2) is 0 Å². The molecule has 206 valence electrons. The van der Waals surface area contributed by atoms with E-state index in [1.807, 2.05) is 18.2 Å². The molecule has 4 heterocycles. The van der Waals surface area contributed by atoms with Crippen LogP contribution in [0.1, 0.15) is 25.7 Å². The van der Waals surface area contributed by atoms with E-state index in [-0.39, 0.29) is 11.8 Å². The van der Waals surface area contributed by atoms with Crippen molar-refractivity contribution in [1.82, 2.24) is 18.8 Å². The van der Waals surface area contributed by atoms with Crippen LogP contribution in [0.15, 0.2) is 24.3 Å². The Morgan fingerprint density at radius 1 is 0.973 bits per heavy atom. The van der Waals surface area contributed by atoms with Gasteiger partial charge in [-0.2, -0.15) is 17.0 Å². The number of hydrogen-bond acceptors (Lipinski definition) is 7. The largest absolute Gasteiger partial charge is 0.369 e. The number of amides is 1. The lowest BCUT2D eigenvalue weighted by atomic mass is 9.97. The van der Waals surface area contributed by atoms with Gasteiger partial charge in [0.05, 0.1) is 13.2 Å². The van der Waals surface area contributed by atoms with Crippen LogP contribution >= 0.6 is 11.6 Å². The molecule has 1 spiro atoms. The number of carbonyl (C=O) groups excluding carboxylic acids is 1. The number of piperidine rings is 2. The Kier molecular flexibility index (Phi) is 8.59. The van der Waals surface area contributed by atoms with Gasteiger partial charge in [0, 0.05) is 94.9 Å². The van der Waals surface area contributed by atoms with Gasteiger partial charge in [0.2, 0.25) is 5.91 Å². The molecular weight excluding hydrogens is 518 g/mol. The predicted molar refractivity (Wildman–Crippen MR) is 142 cm³/mol. The van der Waals surface area contributed by atoms with Crippen LogP contribution in [0.3, 0.4) is 0 Å². The molecule has 0 saturated carbocycles.